The molecule has 19 heavy (non-hydrogen) atoms. The maximum Gasteiger partial charge on any atom is 0.306 e. The third-order valence-electron chi connectivity index (χ3n) is 3.73. The Balaban J connectivity index is 3.05. The molecular weight excluding hydrogens is 242 g/mol. The van der Waals surface area contributed by atoms with E-state index in [4.69, 9.17) is 9.84 Å². The Kier molecular flexibility index (Phi) is 5.36. The van der Waals surface area contributed by atoms with Crippen LogP contribution in [0.3, 0.4) is 0 Å². The lowest BCUT2D eigenvalue weighted by atomic mass is 9.91. The molecular formula is C15H23NO3. The molecule has 0 amide bonds. The molecule has 0 aliphatic carbocycles. The monoisotopic (exact) mass is 265 g/mol. The molecule has 2 unspecified atom stereocenters. The number of methoxy groups -OCH3 is 1. The number of benzene rings is 1. The SMILES string of the molecule is CNC(CC(C)C(=O)O)c1ccc(OC)c(C)c1C. The second-order valence-corrected chi connectivity index (χ2v) is 4.92. The molecule has 2 atom stereocenters. The number of ether oxygens (including phenoxy) is 1. The highest BCUT2D eigenvalue weighted by Crippen LogP contribution is 2.30. The third-order valence-corrected chi connectivity index (χ3v) is 3.73. The Morgan fingerprint density at radius 2 is 2.00 bits per heavy atom. The van der Waals surface area contributed by atoms with Crippen molar-refractivity contribution in [2.45, 2.75) is 33.2 Å². The van der Waals surface area contributed by atoms with E-state index in [0.717, 1.165) is 22.4 Å². The average Bonchev–Trinajstić information content (AvgIpc) is 2.39. The van der Waals surface area contributed by atoms with Gasteiger partial charge < -0.3 is 15.2 Å². The van der Waals surface area contributed by atoms with Crippen molar-refractivity contribution in [2.75, 3.05) is 14.2 Å². The van der Waals surface area contributed by atoms with Gasteiger partial charge in [0.05, 0.1) is 13.0 Å². The molecule has 2 N–H and O–H groups in total. The molecule has 0 aromatic heterocycles. The van der Waals surface area contributed by atoms with Crippen LogP contribution in [0.5, 0.6) is 5.75 Å². The van der Waals surface area contributed by atoms with E-state index in [1.54, 1.807) is 14.0 Å². The van der Waals surface area contributed by atoms with Gasteiger partial charge in [-0.05, 0) is 50.1 Å². The van der Waals surface area contributed by atoms with Crippen LogP contribution in [0, 0.1) is 19.8 Å². The Bertz CT molecular complexity index is 457. The van der Waals surface area contributed by atoms with Crippen LogP contribution >= 0.6 is 0 Å². The number of hydrogen-bond acceptors (Lipinski definition) is 3. The Morgan fingerprint density at radius 3 is 2.47 bits per heavy atom. The molecule has 0 heterocycles. The fraction of sp³-hybridized carbons (Fsp3) is 0.533. The van der Waals surface area contributed by atoms with Gasteiger partial charge in [-0.15, -0.1) is 0 Å². The van der Waals surface area contributed by atoms with Crippen molar-refractivity contribution in [3.05, 3.63) is 28.8 Å². The maximum absolute atomic E-state index is 11.0. The van der Waals surface area contributed by atoms with Crippen molar-refractivity contribution in [1.29, 1.82) is 0 Å². The summed E-state index contributed by atoms with van der Waals surface area (Å²) in [7, 11) is 3.52. The summed E-state index contributed by atoms with van der Waals surface area (Å²) in [5.41, 5.74) is 3.38. The van der Waals surface area contributed by atoms with Gasteiger partial charge in [-0.1, -0.05) is 13.0 Å². The van der Waals surface area contributed by atoms with E-state index < -0.39 is 5.97 Å². The van der Waals surface area contributed by atoms with Gasteiger partial charge in [0, 0.05) is 6.04 Å². The first-order chi connectivity index (χ1) is 8.92. The minimum absolute atomic E-state index is 0.0377. The van der Waals surface area contributed by atoms with E-state index in [0.29, 0.717) is 6.42 Å². The highest BCUT2D eigenvalue weighted by Gasteiger charge is 2.21. The number of hydrogen-bond donors (Lipinski definition) is 2. The molecule has 1 aromatic carbocycles. The van der Waals surface area contributed by atoms with E-state index in [2.05, 4.69) is 5.32 Å². The smallest absolute Gasteiger partial charge is 0.306 e. The lowest BCUT2D eigenvalue weighted by molar-refractivity contribution is -0.141. The van der Waals surface area contributed by atoms with Gasteiger partial charge in [0.1, 0.15) is 5.75 Å². The minimum atomic E-state index is -0.761. The van der Waals surface area contributed by atoms with Crippen molar-refractivity contribution in [3.63, 3.8) is 0 Å². The molecule has 1 aromatic rings. The Hall–Kier alpha value is -1.55. The minimum Gasteiger partial charge on any atom is -0.496 e. The summed E-state index contributed by atoms with van der Waals surface area (Å²) in [4.78, 5) is 11.0. The summed E-state index contributed by atoms with van der Waals surface area (Å²) >= 11 is 0. The highest BCUT2D eigenvalue weighted by molar-refractivity contribution is 5.69. The van der Waals surface area contributed by atoms with Gasteiger partial charge >= 0.3 is 5.97 Å². The standard InChI is InChI=1S/C15H23NO3/c1-9(15(17)18)8-13(16-4)12-6-7-14(19-5)11(3)10(12)2/h6-7,9,13,16H,8H2,1-5H3,(H,17,18). The predicted molar refractivity (Wildman–Crippen MR) is 75.7 cm³/mol. The molecule has 0 radical (unpaired) electrons. The zero-order chi connectivity index (χ0) is 14.6. The van der Waals surface area contributed by atoms with E-state index in [9.17, 15) is 4.79 Å². The topological polar surface area (TPSA) is 58.6 Å². The molecule has 0 saturated heterocycles. The summed E-state index contributed by atoms with van der Waals surface area (Å²) in [6.45, 7) is 5.80. The third kappa shape index (κ3) is 3.47. The van der Waals surface area contributed by atoms with E-state index in [-0.39, 0.29) is 12.0 Å². The summed E-state index contributed by atoms with van der Waals surface area (Å²) < 4.78 is 5.30. The van der Waals surface area contributed by atoms with E-state index >= 15 is 0 Å². The molecule has 1 rings (SSSR count). The van der Waals surface area contributed by atoms with Crippen molar-refractivity contribution < 1.29 is 14.6 Å². The molecule has 4 heteroatoms. The van der Waals surface area contributed by atoms with Crippen molar-refractivity contribution in [2.24, 2.45) is 5.92 Å². The quantitative estimate of drug-likeness (QED) is 0.830. The largest absolute Gasteiger partial charge is 0.496 e. The normalized spacial score (nSPS) is 13.9. The number of nitrogens with one attached hydrogen (secondary N) is 1. The van der Waals surface area contributed by atoms with Gasteiger partial charge in [-0.25, -0.2) is 0 Å². The molecule has 106 valence electrons. The summed E-state index contributed by atoms with van der Waals surface area (Å²) in [6.07, 6.45) is 0.568. The number of aliphatic carboxylic acids is 1. The summed E-state index contributed by atoms with van der Waals surface area (Å²) in [5.74, 6) is -0.273. The zero-order valence-electron chi connectivity index (χ0n) is 12.3. The van der Waals surface area contributed by atoms with Crippen LogP contribution < -0.4 is 10.1 Å². The number of carboxylic acids is 1. The number of carboxylic acid groups (broad SMARTS) is 1. The molecule has 0 fully saturated rings. The number of rotatable bonds is 6. The van der Waals surface area contributed by atoms with Crippen LogP contribution in [-0.4, -0.2) is 25.2 Å². The van der Waals surface area contributed by atoms with Gasteiger partial charge in [0.2, 0.25) is 0 Å². The molecule has 0 aliphatic rings. The predicted octanol–water partition coefficient (Wildman–Crippen LogP) is 2.68. The van der Waals surface area contributed by atoms with E-state index in [1.807, 2.05) is 33.0 Å². The molecule has 4 nitrogen and oxygen atoms in total. The van der Waals surface area contributed by atoms with Gasteiger partial charge in [0.15, 0.2) is 0 Å². The van der Waals surface area contributed by atoms with Crippen LogP contribution in [0.4, 0.5) is 0 Å². The van der Waals surface area contributed by atoms with Gasteiger partial charge in [0.25, 0.3) is 0 Å². The van der Waals surface area contributed by atoms with Crippen LogP contribution in [0.2, 0.25) is 0 Å². The molecule has 0 bridgehead atoms. The average molecular weight is 265 g/mol. The Labute approximate surface area is 114 Å². The number of carbonyl (C=O) groups is 1. The summed E-state index contributed by atoms with van der Waals surface area (Å²) in [6, 6.07) is 3.99. The maximum atomic E-state index is 11.0. The molecule has 0 saturated carbocycles. The first-order valence-electron chi connectivity index (χ1n) is 6.46. The van der Waals surface area contributed by atoms with Gasteiger partial charge in [-0.2, -0.15) is 0 Å². The molecule has 0 spiro atoms. The second kappa shape index (κ2) is 6.57. The Morgan fingerprint density at radius 1 is 1.37 bits per heavy atom. The van der Waals surface area contributed by atoms with Crippen LogP contribution in [-0.2, 0) is 4.79 Å². The van der Waals surface area contributed by atoms with Crippen molar-refractivity contribution in [3.8, 4) is 5.75 Å². The van der Waals surface area contributed by atoms with Crippen LogP contribution in [0.1, 0.15) is 36.1 Å². The summed E-state index contributed by atoms with van der Waals surface area (Å²) in [5, 5.41) is 12.2. The fourth-order valence-corrected chi connectivity index (χ4v) is 2.27. The zero-order valence-corrected chi connectivity index (χ0v) is 12.3. The lowest BCUT2D eigenvalue weighted by Crippen LogP contribution is -2.23. The van der Waals surface area contributed by atoms with Crippen LogP contribution in [0.25, 0.3) is 0 Å². The van der Waals surface area contributed by atoms with Gasteiger partial charge in [-0.3, -0.25) is 4.79 Å². The lowest BCUT2D eigenvalue weighted by Gasteiger charge is -2.22. The molecule has 0 aliphatic heterocycles. The van der Waals surface area contributed by atoms with Crippen molar-refractivity contribution >= 4 is 5.97 Å². The first kappa shape index (κ1) is 15.5. The first-order valence-corrected chi connectivity index (χ1v) is 6.46. The fourth-order valence-electron chi connectivity index (χ4n) is 2.27. The van der Waals surface area contributed by atoms with E-state index in [1.165, 1.54) is 0 Å². The van der Waals surface area contributed by atoms with Crippen LogP contribution in [0.15, 0.2) is 12.1 Å². The second-order valence-electron chi connectivity index (χ2n) is 4.92. The van der Waals surface area contributed by atoms with Crippen molar-refractivity contribution in [1.82, 2.24) is 5.32 Å². The highest BCUT2D eigenvalue weighted by atomic mass is 16.5.